The van der Waals surface area contributed by atoms with Crippen LogP contribution in [0.3, 0.4) is 0 Å². The minimum atomic E-state index is -0.546. The van der Waals surface area contributed by atoms with E-state index in [1.807, 2.05) is 13.8 Å². The van der Waals surface area contributed by atoms with Crippen molar-refractivity contribution in [2.75, 3.05) is 13.2 Å². The molecule has 0 aromatic carbocycles. The lowest BCUT2D eigenvalue weighted by Gasteiger charge is -2.30. The Hall–Kier alpha value is -1.37. The topological polar surface area (TPSA) is 82.0 Å². The van der Waals surface area contributed by atoms with Crippen molar-refractivity contribution in [2.45, 2.75) is 32.6 Å². The third-order valence-corrected chi connectivity index (χ3v) is 3.88. The van der Waals surface area contributed by atoms with E-state index in [9.17, 15) is 15.0 Å². The Kier molecular flexibility index (Phi) is 3.66. The lowest BCUT2D eigenvalue weighted by Crippen LogP contribution is -2.45. The number of hydrogen-bond donors (Lipinski definition) is 3. The number of rotatable bonds is 3. The van der Waals surface area contributed by atoms with Crippen LogP contribution < -0.4 is 5.32 Å². The Morgan fingerprint density at radius 1 is 1.63 bits per heavy atom. The van der Waals surface area contributed by atoms with Crippen molar-refractivity contribution in [3.8, 4) is 0 Å². The third kappa shape index (κ3) is 2.39. The Morgan fingerprint density at radius 2 is 2.32 bits per heavy atom. The van der Waals surface area contributed by atoms with E-state index in [2.05, 4.69) is 11.9 Å². The first kappa shape index (κ1) is 14.0. The van der Waals surface area contributed by atoms with Gasteiger partial charge < -0.3 is 20.3 Å². The summed E-state index contributed by atoms with van der Waals surface area (Å²) in [5, 5.41) is 21.4. The maximum atomic E-state index is 11.9. The lowest BCUT2D eigenvalue weighted by atomic mass is 9.84. The molecule has 3 unspecified atom stereocenters. The highest BCUT2D eigenvalue weighted by molar-refractivity contribution is 5.80. The number of hydrogen-bond acceptors (Lipinski definition) is 4. The fraction of sp³-hybridized carbons (Fsp3) is 0.615. The van der Waals surface area contributed by atoms with Gasteiger partial charge in [0.15, 0.2) is 0 Å². The molecule has 0 aliphatic carbocycles. The Balaban J connectivity index is 2.20. The van der Waals surface area contributed by atoms with Crippen LogP contribution in [0.25, 0.3) is 0 Å². The van der Waals surface area contributed by atoms with E-state index in [-0.39, 0.29) is 19.2 Å². The van der Waals surface area contributed by atoms with Crippen molar-refractivity contribution in [2.24, 2.45) is 5.41 Å². The number of allylic oxidation sites excluding steroid dienone is 1. The Labute approximate surface area is 112 Å². The molecule has 0 spiro atoms. The quantitative estimate of drug-likeness (QED) is 0.697. The molecule has 6 heteroatoms. The van der Waals surface area contributed by atoms with Gasteiger partial charge in [-0.3, -0.25) is 4.90 Å². The van der Waals surface area contributed by atoms with Gasteiger partial charge in [-0.05, 0) is 12.5 Å². The van der Waals surface area contributed by atoms with Gasteiger partial charge in [-0.2, -0.15) is 0 Å². The normalized spacial score (nSPS) is 35.4. The summed E-state index contributed by atoms with van der Waals surface area (Å²) in [5.74, 6) is 0. The van der Waals surface area contributed by atoms with Crippen molar-refractivity contribution in [3.05, 3.63) is 24.0 Å². The van der Waals surface area contributed by atoms with Gasteiger partial charge in [0.05, 0.1) is 19.3 Å². The summed E-state index contributed by atoms with van der Waals surface area (Å²) < 4.78 is 5.69. The number of aliphatic hydroxyl groups is 2. The average molecular weight is 268 g/mol. The molecule has 2 aliphatic rings. The summed E-state index contributed by atoms with van der Waals surface area (Å²) in [6.07, 6.45) is 1.19. The maximum Gasteiger partial charge on any atom is 0.327 e. The molecule has 3 atom stereocenters. The Bertz CT molecular complexity index is 434. The molecule has 2 aliphatic heterocycles. The zero-order valence-electron chi connectivity index (χ0n) is 11.2. The number of amides is 2. The van der Waals surface area contributed by atoms with E-state index in [1.54, 1.807) is 6.20 Å². The third-order valence-electron chi connectivity index (χ3n) is 3.88. The van der Waals surface area contributed by atoms with Crippen LogP contribution in [0.2, 0.25) is 0 Å². The van der Waals surface area contributed by atoms with Gasteiger partial charge in [-0.25, -0.2) is 4.79 Å². The molecule has 0 saturated carbocycles. The van der Waals surface area contributed by atoms with E-state index in [0.29, 0.717) is 12.1 Å². The second-order valence-electron chi connectivity index (χ2n) is 5.41. The molecule has 2 amide bonds. The van der Waals surface area contributed by atoms with Gasteiger partial charge in [-0.15, -0.1) is 0 Å². The maximum absolute atomic E-state index is 11.9. The van der Waals surface area contributed by atoms with Crippen molar-refractivity contribution in [3.63, 3.8) is 0 Å². The molecule has 106 valence electrons. The number of urea groups is 1. The number of aliphatic hydroxyl groups excluding tert-OH is 2. The van der Waals surface area contributed by atoms with Gasteiger partial charge in [0.25, 0.3) is 0 Å². The fourth-order valence-corrected chi connectivity index (χ4v) is 2.38. The standard InChI is InChI=1S/C13H20N2O4/c1-8-5-15(12(18)14-9(8)2)11-4-13(3,7-17)10(6-16)19-11/h5,10-11,16-17H,2,4,6-7H2,1,3H3,(H,14,18). The molecule has 19 heavy (non-hydrogen) atoms. The number of ether oxygens (including phenoxy) is 1. The number of nitrogens with zero attached hydrogens (tertiary/aromatic N) is 1. The number of carbonyl (C=O) groups excluding carboxylic acids is 1. The van der Waals surface area contributed by atoms with Gasteiger partial charge >= 0.3 is 6.03 Å². The monoisotopic (exact) mass is 268 g/mol. The zero-order chi connectivity index (χ0) is 14.2. The molecule has 2 heterocycles. The summed E-state index contributed by atoms with van der Waals surface area (Å²) in [6, 6.07) is -0.306. The Morgan fingerprint density at radius 3 is 2.84 bits per heavy atom. The van der Waals surface area contributed by atoms with E-state index in [0.717, 1.165) is 5.57 Å². The van der Waals surface area contributed by atoms with Crippen LogP contribution in [0.15, 0.2) is 24.0 Å². The first-order valence-electron chi connectivity index (χ1n) is 6.25. The molecule has 0 bridgehead atoms. The SMILES string of the molecule is C=C1NC(=O)N(C2CC(C)(CO)C(CO)O2)C=C1C. The van der Waals surface area contributed by atoms with Crippen molar-refractivity contribution < 1.29 is 19.7 Å². The van der Waals surface area contributed by atoms with E-state index in [1.165, 1.54) is 4.90 Å². The van der Waals surface area contributed by atoms with Crippen molar-refractivity contribution >= 4 is 6.03 Å². The zero-order valence-corrected chi connectivity index (χ0v) is 11.2. The van der Waals surface area contributed by atoms with Crippen LogP contribution in [0, 0.1) is 5.41 Å². The van der Waals surface area contributed by atoms with Gasteiger partial charge in [0, 0.05) is 23.7 Å². The highest BCUT2D eigenvalue weighted by Crippen LogP contribution is 2.39. The molecule has 6 nitrogen and oxygen atoms in total. The summed E-state index contributed by atoms with van der Waals surface area (Å²) in [6.45, 7) is 7.14. The van der Waals surface area contributed by atoms with Crippen LogP contribution in [0.4, 0.5) is 4.79 Å². The van der Waals surface area contributed by atoms with Crippen LogP contribution in [0.1, 0.15) is 20.3 Å². The molecule has 1 saturated heterocycles. The molecule has 0 aromatic rings. The minimum Gasteiger partial charge on any atom is -0.396 e. The highest BCUT2D eigenvalue weighted by Gasteiger charge is 2.47. The molecule has 0 aromatic heterocycles. The van der Waals surface area contributed by atoms with Crippen LogP contribution in [0.5, 0.6) is 0 Å². The summed E-state index contributed by atoms with van der Waals surface area (Å²) in [4.78, 5) is 13.4. The lowest BCUT2D eigenvalue weighted by molar-refractivity contribution is -0.0607. The number of carbonyl (C=O) groups is 1. The van der Waals surface area contributed by atoms with Gasteiger partial charge in [-0.1, -0.05) is 13.5 Å². The van der Waals surface area contributed by atoms with Crippen molar-refractivity contribution in [1.82, 2.24) is 10.2 Å². The molecule has 1 fully saturated rings. The average Bonchev–Trinajstić information content (AvgIpc) is 2.71. The molecule has 2 rings (SSSR count). The van der Waals surface area contributed by atoms with Gasteiger partial charge in [0.1, 0.15) is 6.23 Å². The van der Waals surface area contributed by atoms with E-state index >= 15 is 0 Å². The largest absolute Gasteiger partial charge is 0.396 e. The van der Waals surface area contributed by atoms with Crippen LogP contribution in [-0.2, 0) is 4.74 Å². The van der Waals surface area contributed by atoms with E-state index < -0.39 is 17.7 Å². The highest BCUT2D eigenvalue weighted by atomic mass is 16.5. The van der Waals surface area contributed by atoms with Crippen LogP contribution in [-0.4, -0.2) is 46.7 Å². The molecule has 3 N–H and O–H groups in total. The second-order valence-corrected chi connectivity index (χ2v) is 5.41. The summed E-state index contributed by atoms with van der Waals surface area (Å²) in [5.41, 5.74) is 0.875. The van der Waals surface area contributed by atoms with Crippen molar-refractivity contribution in [1.29, 1.82) is 0 Å². The second kappa shape index (κ2) is 4.96. The summed E-state index contributed by atoms with van der Waals surface area (Å²) >= 11 is 0. The molecule has 0 radical (unpaired) electrons. The predicted molar refractivity (Wildman–Crippen MR) is 68.8 cm³/mol. The smallest absolute Gasteiger partial charge is 0.327 e. The predicted octanol–water partition coefficient (Wildman–Crippen LogP) is 0.535. The van der Waals surface area contributed by atoms with Crippen LogP contribution >= 0.6 is 0 Å². The first-order valence-corrected chi connectivity index (χ1v) is 6.25. The van der Waals surface area contributed by atoms with E-state index in [4.69, 9.17) is 4.74 Å². The minimum absolute atomic E-state index is 0.0976. The van der Waals surface area contributed by atoms with Gasteiger partial charge in [0.2, 0.25) is 0 Å². The number of nitrogens with one attached hydrogen (secondary N) is 1. The molecular formula is C13H20N2O4. The first-order chi connectivity index (χ1) is 8.91. The summed E-state index contributed by atoms with van der Waals surface area (Å²) in [7, 11) is 0. The molecular weight excluding hydrogens is 248 g/mol. The fourth-order valence-electron chi connectivity index (χ4n) is 2.38.